The maximum Gasteiger partial charge on any atom is 0.254 e. The van der Waals surface area contributed by atoms with Gasteiger partial charge in [-0.15, -0.1) is 0 Å². The van der Waals surface area contributed by atoms with Crippen LogP contribution in [0.4, 0.5) is 5.82 Å². The second-order valence-corrected chi connectivity index (χ2v) is 6.34. The van der Waals surface area contributed by atoms with Crippen molar-refractivity contribution in [1.82, 2.24) is 9.88 Å². The van der Waals surface area contributed by atoms with Crippen molar-refractivity contribution in [2.24, 2.45) is 5.73 Å². The Balaban J connectivity index is 1.79. The molecule has 0 bridgehead atoms. The van der Waals surface area contributed by atoms with Crippen molar-refractivity contribution in [3.8, 4) is 11.3 Å². The average molecular weight is 338 g/mol. The number of rotatable bonds is 4. The monoisotopic (exact) mass is 338 g/mol. The molecule has 3 rings (SSSR count). The first-order valence-corrected chi connectivity index (χ1v) is 8.47. The fraction of sp³-hybridized carbons (Fsp3) is 0.316. The van der Waals surface area contributed by atoms with Gasteiger partial charge < -0.3 is 16.4 Å². The molecular weight excluding hydrogens is 316 g/mol. The molecule has 4 N–H and O–H groups in total. The summed E-state index contributed by atoms with van der Waals surface area (Å²) in [6, 6.07) is 12.7. The zero-order valence-corrected chi connectivity index (χ0v) is 14.0. The predicted molar refractivity (Wildman–Crippen MR) is 96.6 cm³/mol. The zero-order chi connectivity index (χ0) is 17.8. The minimum absolute atomic E-state index is 0.0574. The maximum atomic E-state index is 12.8. The van der Waals surface area contributed by atoms with Crippen molar-refractivity contribution >= 4 is 17.6 Å². The van der Waals surface area contributed by atoms with E-state index in [1.165, 1.54) is 0 Å². The number of amides is 2. The molecule has 1 atom stereocenters. The van der Waals surface area contributed by atoms with Gasteiger partial charge in [-0.3, -0.25) is 9.59 Å². The predicted octanol–water partition coefficient (Wildman–Crippen LogP) is 2.20. The van der Waals surface area contributed by atoms with Crippen molar-refractivity contribution in [2.75, 3.05) is 12.3 Å². The summed E-state index contributed by atoms with van der Waals surface area (Å²) in [7, 11) is 0. The third-order valence-corrected chi connectivity index (χ3v) is 4.52. The largest absolute Gasteiger partial charge is 0.384 e. The van der Waals surface area contributed by atoms with E-state index >= 15 is 0 Å². The van der Waals surface area contributed by atoms with E-state index in [1.807, 2.05) is 24.3 Å². The number of hydrogen-bond donors (Lipinski definition) is 2. The van der Waals surface area contributed by atoms with Crippen LogP contribution >= 0.6 is 0 Å². The fourth-order valence-corrected chi connectivity index (χ4v) is 3.27. The van der Waals surface area contributed by atoms with Crippen LogP contribution in [0.2, 0.25) is 0 Å². The molecule has 0 aliphatic carbocycles. The summed E-state index contributed by atoms with van der Waals surface area (Å²) < 4.78 is 0. The molecule has 6 heteroatoms. The van der Waals surface area contributed by atoms with Crippen LogP contribution in [0.25, 0.3) is 11.3 Å². The van der Waals surface area contributed by atoms with E-state index in [4.69, 9.17) is 11.5 Å². The molecule has 0 saturated carbocycles. The Hall–Kier alpha value is -2.89. The number of anilines is 1. The molecule has 0 spiro atoms. The quantitative estimate of drug-likeness (QED) is 0.892. The van der Waals surface area contributed by atoms with Gasteiger partial charge in [0.05, 0.1) is 5.69 Å². The number of nitrogen functional groups attached to an aromatic ring is 1. The Kier molecular flexibility index (Phi) is 4.97. The Morgan fingerprint density at radius 1 is 1.12 bits per heavy atom. The van der Waals surface area contributed by atoms with Gasteiger partial charge in [-0.2, -0.15) is 0 Å². The molecular formula is C19H22N4O2. The van der Waals surface area contributed by atoms with Crippen LogP contribution in [-0.4, -0.2) is 34.3 Å². The number of primary amides is 1. The zero-order valence-electron chi connectivity index (χ0n) is 14.0. The number of piperidine rings is 1. The first-order chi connectivity index (χ1) is 12.0. The molecule has 1 aromatic carbocycles. The van der Waals surface area contributed by atoms with Gasteiger partial charge in [0, 0.05) is 30.1 Å². The Bertz CT molecular complexity index is 773. The van der Waals surface area contributed by atoms with Crippen LogP contribution < -0.4 is 11.5 Å². The Morgan fingerprint density at radius 3 is 2.56 bits per heavy atom. The van der Waals surface area contributed by atoms with Crippen molar-refractivity contribution in [3.05, 3.63) is 48.0 Å². The number of nitrogens with zero attached hydrogens (tertiary/aromatic N) is 2. The molecule has 1 saturated heterocycles. The number of benzene rings is 1. The smallest absolute Gasteiger partial charge is 0.254 e. The van der Waals surface area contributed by atoms with Gasteiger partial charge >= 0.3 is 0 Å². The van der Waals surface area contributed by atoms with Crippen LogP contribution in [0, 0.1) is 0 Å². The van der Waals surface area contributed by atoms with Crippen molar-refractivity contribution < 1.29 is 9.59 Å². The minimum Gasteiger partial charge on any atom is -0.384 e. The third-order valence-electron chi connectivity index (χ3n) is 4.52. The molecule has 25 heavy (non-hydrogen) atoms. The van der Waals surface area contributed by atoms with E-state index in [0.717, 1.165) is 30.5 Å². The molecule has 1 fully saturated rings. The molecule has 2 amide bonds. The SMILES string of the molecule is NC(=O)C[C@@H]1CCCCN1C(=O)c1ccc(-c2cccc(N)n2)cc1. The summed E-state index contributed by atoms with van der Waals surface area (Å²) in [5.41, 5.74) is 13.3. The lowest BCUT2D eigenvalue weighted by Gasteiger charge is -2.35. The summed E-state index contributed by atoms with van der Waals surface area (Å²) in [5, 5.41) is 0. The van der Waals surface area contributed by atoms with Crippen molar-refractivity contribution in [3.63, 3.8) is 0 Å². The van der Waals surface area contributed by atoms with Gasteiger partial charge in [0.1, 0.15) is 5.82 Å². The Labute approximate surface area is 146 Å². The average Bonchev–Trinajstić information content (AvgIpc) is 2.61. The molecule has 1 aliphatic rings. The summed E-state index contributed by atoms with van der Waals surface area (Å²) >= 11 is 0. The van der Waals surface area contributed by atoms with Crippen LogP contribution in [0.5, 0.6) is 0 Å². The lowest BCUT2D eigenvalue weighted by Crippen LogP contribution is -2.45. The molecule has 6 nitrogen and oxygen atoms in total. The summed E-state index contributed by atoms with van der Waals surface area (Å²) in [5.74, 6) is 0.0334. The number of pyridine rings is 1. The number of carbonyl (C=O) groups is 2. The molecule has 0 unspecified atom stereocenters. The lowest BCUT2D eigenvalue weighted by atomic mass is 9.97. The van der Waals surface area contributed by atoms with Crippen molar-refractivity contribution in [1.29, 1.82) is 0 Å². The van der Waals surface area contributed by atoms with Gasteiger partial charge in [0.2, 0.25) is 5.91 Å². The van der Waals surface area contributed by atoms with E-state index in [-0.39, 0.29) is 24.3 Å². The fourth-order valence-electron chi connectivity index (χ4n) is 3.27. The van der Waals surface area contributed by atoms with Gasteiger partial charge in [0.15, 0.2) is 0 Å². The van der Waals surface area contributed by atoms with Gasteiger partial charge in [-0.25, -0.2) is 4.98 Å². The van der Waals surface area contributed by atoms with Crippen LogP contribution in [-0.2, 0) is 4.79 Å². The van der Waals surface area contributed by atoms with E-state index in [9.17, 15) is 9.59 Å². The van der Waals surface area contributed by atoms with Gasteiger partial charge in [-0.1, -0.05) is 18.2 Å². The number of hydrogen-bond acceptors (Lipinski definition) is 4. The first kappa shape index (κ1) is 17.0. The number of carbonyl (C=O) groups excluding carboxylic acids is 2. The van der Waals surface area contributed by atoms with Gasteiger partial charge in [-0.05, 0) is 43.5 Å². The molecule has 2 aromatic rings. The molecule has 0 radical (unpaired) electrons. The van der Waals surface area contributed by atoms with Crippen molar-refractivity contribution in [2.45, 2.75) is 31.7 Å². The third kappa shape index (κ3) is 3.96. The molecule has 130 valence electrons. The molecule has 1 aromatic heterocycles. The summed E-state index contributed by atoms with van der Waals surface area (Å²) in [6.07, 6.45) is 3.01. The highest BCUT2D eigenvalue weighted by molar-refractivity contribution is 5.95. The summed E-state index contributed by atoms with van der Waals surface area (Å²) in [6.45, 7) is 0.662. The van der Waals surface area contributed by atoms with E-state index in [2.05, 4.69) is 4.98 Å². The van der Waals surface area contributed by atoms with Crippen LogP contribution in [0.15, 0.2) is 42.5 Å². The minimum atomic E-state index is -0.368. The number of aromatic nitrogens is 1. The van der Waals surface area contributed by atoms with E-state index in [0.29, 0.717) is 17.9 Å². The standard InChI is InChI=1S/C19H22N4O2/c20-17-6-3-5-16(22-17)13-7-9-14(10-8-13)19(25)23-11-2-1-4-15(23)12-18(21)24/h3,5-10,15H,1-2,4,11-12H2,(H2,20,22)(H2,21,24)/t15-/m0/s1. The second-order valence-electron chi connectivity index (χ2n) is 6.34. The van der Waals surface area contributed by atoms with E-state index < -0.39 is 0 Å². The lowest BCUT2D eigenvalue weighted by molar-refractivity contribution is -0.119. The van der Waals surface area contributed by atoms with E-state index in [1.54, 1.807) is 23.1 Å². The topological polar surface area (TPSA) is 102 Å². The highest BCUT2D eigenvalue weighted by Gasteiger charge is 2.28. The first-order valence-electron chi connectivity index (χ1n) is 8.47. The highest BCUT2D eigenvalue weighted by Crippen LogP contribution is 2.24. The highest BCUT2D eigenvalue weighted by atomic mass is 16.2. The molecule has 1 aliphatic heterocycles. The summed E-state index contributed by atoms with van der Waals surface area (Å²) in [4.78, 5) is 30.2. The second kappa shape index (κ2) is 7.34. The Morgan fingerprint density at radius 2 is 1.88 bits per heavy atom. The van der Waals surface area contributed by atoms with Crippen LogP contribution in [0.1, 0.15) is 36.0 Å². The number of likely N-dealkylation sites (tertiary alicyclic amines) is 1. The molecule has 2 heterocycles. The van der Waals surface area contributed by atoms with Gasteiger partial charge in [0.25, 0.3) is 5.91 Å². The van der Waals surface area contributed by atoms with Crippen LogP contribution in [0.3, 0.4) is 0 Å². The maximum absolute atomic E-state index is 12.8. The normalized spacial score (nSPS) is 17.3. The number of nitrogens with two attached hydrogens (primary N) is 2.